The van der Waals surface area contributed by atoms with Crippen molar-refractivity contribution in [2.75, 3.05) is 20.0 Å². The fourth-order valence-corrected chi connectivity index (χ4v) is 2.13. The maximum atomic E-state index is 11.3. The minimum Gasteiger partial charge on any atom is -0.484 e. The van der Waals surface area contributed by atoms with Gasteiger partial charge in [0.15, 0.2) is 5.90 Å². The quantitative estimate of drug-likeness (QED) is 0.264. The molecule has 0 bridgehead atoms. The third-order valence-electron chi connectivity index (χ3n) is 2.87. The Balaban J connectivity index is 0. The summed E-state index contributed by atoms with van der Waals surface area (Å²) in [5.41, 5.74) is 0. The average Bonchev–Trinajstić information content (AvgIpc) is 2.55. The molecular weight excluding hydrogens is 329 g/mol. The zero-order valence-electron chi connectivity index (χ0n) is 14.1. The van der Waals surface area contributed by atoms with Crippen LogP contribution in [0.2, 0.25) is 0 Å². The van der Waals surface area contributed by atoms with E-state index in [0.29, 0.717) is 12.8 Å². The molecule has 1 N–H and O–H groups in total. The van der Waals surface area contributed by atoms with Crippen LogP contribution < -0.4 is 0 Å². The van der Waals surface area contributed by atoms with Crippen LogP contribution in [0.15, 0.2) is 0 Å². The topological polar surface area (TPSA) is 103 Å². The predicted octanol–water partition coefficient (Wildman–Crippen LogP) is 3.14. The molecule has 0 saturated heterocycles. The van der Waals surface area contributed by atoms with Gasteiger partial charge in [0, 0.05) is 6.42 Å². The second-order valence-corrected chi connectivity index (χ2v) is 6.45. The first-order valence-electron chi connectivity index (χ1n) is 7.54. The van der Waals surface area contributed by atoms with Crippen LogP contribution in [0.5, 0.6) is 0 Å². The van der Waals surface area contributed by atoms with Gasteiger partial charge in [-0.15, -0.1) is 0 Å². The van der Waals surface area contributed by atoms with Crippen molar-refractivity contribution in [3.63, 3.8) is 0 Å². The standard InChI is InChI=1S/C8H17FO3S.C6H11NO3/c1-2-3-4-5-6-7-8-13(10,11)12-9;1-9-5(7)3-4-6(8)10-2/h2-8H2,1H3;7H,3-4H2,1-2H3. The lowest BCUT2D eigenvalue weighted by molar-refractivity contribution is -0.140. The van der Waals surface area contributed by atoms with Gasteiger partial charge in [0.2, 0.25) is 0 Å². The molecule has 0 fully saturated rings. The molecule has 0 unspecified atom stereocenters. The van der Waals surface area contributed by atoms with Crippen molar-refractivity contribution in [3.05, 3.63) is 0 Å². The molecule has 0 aromatic carbocycles. The van der Waals surface area contributed by atoms with E-state index in [2.05, 4.69) is 20.8 Å². The minimum absolute atomic E-state index is 0.102. The van der Waals surface area contributed by atoms with Gasteiger partial charge < -0.3 is 9.47 Å². The summed E-state index contributed by atoms with van der Waals surface area (Å²) < 4.78 is 44.0. The molecule has 0 aliphatic carbocycles. The molecule has 23 heavy (non-hydrogen) atoms. The Bertz CT molecular complexity index is 397. The minimum atomic E-state index is -3.88. The van der Waals surface area contributed by atoms with Gasteiger partial charge in [-0.25, -0.2) is 0 Å². The van der Waals surface area contributed by atoms with E-state index >= 15 is 0 Å². The molecule has 7 nitrogen and oxygen atoms in total. The highest BCUT2D eigenvalue weighted by atomic mass is 32.2. The van der Waals surface area contributed by atoms with Crippen molar-refractivity contribution in [2.24, 2.45) is 0 Å². The molecule has 0 spiro atoms. The smallest absolute Gasteiger partial charge is 0.306 e. The van der Waals surface area contributed by atoms with Crippen LogP contribution in [0, 0.1) is 5.41 Å². The van der Waals surface area contributed by atoms with Gasteiger partial charge in [0.05, 0.1) is 26.4 Å². The van der Waals surface area contributed by atoms with Crippen molar-refractivity contribution < 1.29 is 31.6 Å². The van der Waals surface area contributed by atoms with Gasteiger partial charge in [0.1, 0.15) is 0 Å². The monoisotopic (exact) mass is 357 g/mol. The van der Waals surface area contributed by atoms with Crippen LogP contribution >= 0.6 is 0 Å². The van der Waals surface area contributed by atoms with Gasteiger partial charge in [0.25, 0.3) is 10.1 Å². The molecule has 0 aliphatic rings. The van der Waals surface area contributed by atoms with Crippen LogP contribution in [0.3, 0.4) is 0 Å². The van der Waals surface area contributed by atoms with Crippen molar-refractivity contribution >= 4 is 22.0 Å². The molecule has 0 aromatic rings. The number of rotatable bonds is 11. The average molecular weight is 357 g/mol. The molecule has 0 atom stereocenters. The number of carbonyl (C=O) groups is 1. The Morgan fingerprint density at radius 3 is 2.04 bits per heavy atom. The van der Waals surface area contributed by atoms with Crippen molar-refractivity contribution in [1.82, 2.24) is 0 Å². The van der Waals surface area contributed by atoms with Crippen LogP contribution in [-0.2, 0) is 28.8 Å². The van der Waals surface area contributed by atoms with Crippen LogP contribution in [0.4, 0.5) is 4.53 Å². The molecule has 0 heterocycles. The van der Waals surface area contributed by atoms with E-state index in [4.69, 9.17) is 5.41 Å². The van der Waals surface area contributed by atoms with E-state index in [1.807, 2.05) is 0 Å². The fourth-order valence-electron chi connectivity index (χ4n) is 1.51. The first-order chi connectivity index (χ1) is 10.8. The molecule has 9 heteroatoms. The summed E-state index contributed by atoms with van der Waals surface area (Å²) in [7, 11) is -1.16. The van der Waals surface area contributed by atoms with E-state index in [1.54, 1.807) is 0 Å². The largest absolute Gasteiger partial charge is 0.484 e. The number of nitrogens with one attached hydrogen (secondary N) is 1. The maximum Gasteiger partial charge on any atom is 0.306 e. The summed E-state index contributed by atoms with van der Waals surface area (Å²) in [6, 6.07) is 0. The lowest BCUT2D eigenvalue weighted by atomic mass is 10.1. The zero-order valence-corrected chi connectivity index (χ0v) is 14.9. The van der Waals surface area contributed by atoms with E-state index in [0.717, 1.165) is 25.7 Å². The number of hydrogen-bond acceptors (Lipinski definition) is 7. The summed E-state index contributed by atoms with van der Waals surface area (Å²) in [6.45, 7) is 2.11. The normalized spacial score (nSPS) is 10.4. The lowest BCUT2D eigenvalue weighted by Crippen LogP contribution is -2.05. The third kappa shape index (κ3) is 18.7. The van der Waals surface area contributed by atoms with Crippen LogP contribution in [0.25, 0.3) is 0 Å². The highest BCUT2D eigenvalue weighted by Gasteiger charge is 2.10. The lowest BCUT2D eigenvalue weighted by Gasteiger charge is -1.99. The Kier molecular flexibility index (Phi) is 16.4. The maximum absolute atomic E-state index is 11.3. The number of halogens is 1. The van der Waals surface area contributed by atoms with E-state index in [1.165, 1.54) is 20.6 Å². The second-order valence-electron chi connectivity index (χ2n) is 4.80. The Morgan fingerprint density at radius 1 is 1.00 bits per heavy atom. The Hall–Kier alpha value is -1.22. The van der Waals surface area contributed by atoms with Crippen molar-refractivity contribution in [1.29, 1.82) is 5.41 Å². The number of esters is 1. The molecule has 138 valence electrons. The molecule has 0 rings (SSSR count). The van der Waals surface area contributed by atoms with Crippen molar-refractivity contribution in [3.8, 4) is 0 Å². The number of methoxy groups -OCH3 is 2. The van der Waals surface area contributed by atoms with Gasteiger partial charge >= 0.3 is 5.97 Å². The number of carbonyl (C=O) groups excluding carboxylic acids is 1. The highest BCUT2D eigenvalue weighted by Crippen LogP contribution is 2.07. The molecule has 0 radical (unpaired) electrons. The number of unbranched alkanes of at least 4 members (excludes halogenated alkanes) is 5. The Labute approximate surface area is 138 Å². The van der Waals surface area contributed by atoms with E-state index in [-0.39, 0.29) is 24.0 Å². The Morgan fingerprint density at radius 2 is 1.57 bits per heavy atom. The van der Waals surface area contributed by atoms with E-state index in [9.17, 15) is 17.7 Å². The first kappa shape index (κ1) is 24.0. The third-order valence-corrected chi connectivity index (χ3v) is 3.85. The van der Waals surface area contributed by atoms with Crippen molar-refractivity contribution in [2.45, 2.75) is 58.3 Å². The molecule has 0 saturated carbocycles. The van der Waals surface area contributed by atoms with Gasteiger partial charge in [-0.05, 0) is 10.9 Å². The molecule has 0 aliphatic heterocycles. The summed E-state index contributed by atoms with van der Waals surface area (Å²) in [5.74, 6) is -0.428. The summed E-state index contributed by atoms with van der Waals surface area (Å²) in [6.07, 6.45) is 6.28. The number of ether oxygens (including phenoxy) is 2. The summed E-state index contributed by atoms with van der Waals surface area (Å²) >= 11 is 0. The number of hydrogen-bond donors (Lipinski definition) is 1. The zero-order chi connectivity index (χ0) is 18.1. The van der Waals surface area contributed by atoms with Crippen LogP contribution in [0.1, 0.15) is 58.3 Å². The molecule has 0 aromatic heterocycles. The fraction of sp³-hybridized carbons (Fsp3) is 0.857. The van der Waals surface area contributed by atoms with Gasteiger partial charge in [-0.3, -0.25) is 10.2 Å². The van der Waals surface area contributed by atoms with Gasteiger partial charge in [-0.2, -0.15) is 8.42 Å². The summed E-state index contributed by atoms with van der Waals surface area (Å²) in [4.78, 5) is 10.5. The second kappa shape index (κ2) is 15.7. The highest BCUT2D eigenvalue weighted by molar-refractivity contribution is 7.86. The SMILES string of the molecule is CCCCCCCCS(=O)(=O)OF.COC(=N)CCC(=O)OC. The summed E-state index contributed by atoms with van der Waals surface area (Å²) in [5, 5.41) is 6.98. The predicted molar refractivity (Wildman–Crippen MR) is 85.3 cm³/mol. The van der Waals surface area contributed by atoms with Crippen LogP contribution in [-0.4, -0.2) is 40.3 Å². The van der Waals surface area contributed by atoms with Gasteiger partial charge in [-0.1, -0.05) is 43.4 Å². The van der Waals surface area contributed by atoms with E-state index < -0.39 is 10.1 Å². The molecule has 0 amide bonds. The first-order valence-corrected chi connectivity index (χ1v) is 9.11. The molecular formula is C14H28FNO6S.